The van der Waals surface area contributed by atoms with Crippen LogP contribution in [0.25, 0.3) is 0 Å². The van der Waals surface area contributed by atoms with Gasteiger partial charge in [-0.25, -0.2) is 0 Å². The van der Waals surface area contributed by atoms with Crippen LogP contribution in [-0.4, -0.2) is 63.1 Å². The minimum atomic E-state index is -2.24. The van der Waals surface area contributed by atoms with Crippen LogP contribution in [0.2, 0.25) is 0 Å². The minimum Gasteiger partial charge on any atom is -0.458 e. The summed E-state index contributed by atoms with van der Waals surface area (Å²) in [5, 5.41) is 35.0. The van der Waals surface area contributed by atoms with Gasteiger partial charge in [-0.3, -0.25) is 14.4 Å². The van der Waals surface area contributed by atoms with Crippen LogP contribution in [-0.2, 0) is 23.9 Å². The third-order valence-electron chi connectivity index (χ3n) is 12.4. The lowest BCUT2D eigenvalue weighted by Crippen LogP contribution is -2.66. The van der Waals surface area contributed by atoms with Crippen LogP contribution >= 0.6 is 0 Å². The number of carbonyl (C=O) groups is 3. The predicted molar refractivity (Wildman–Crippen MR) is 176 cm³/mol. The molecule has 0 heterocycles. The summed E-state index contributed by atoms with van der Waals surface area (Å²) < 4.78 is 12.4. The number of aliphatic hydroxyl groups is 3. The van der Waals surface area contributed by atoms with Crippen molar-refractivity contribution >= 4 is 17.7 Å². The standard InChI is InChI=1S/C38H60O8/c1-9-10-11-12-13-14-15-16-17-18-29(40)46-37-21-25(5)36-20-24(4)33(45-34(43)26(6)23(2)3)38(36,44)31(41)27(22-39)19-28(32(36)42)30(37)35(37,7)8/h19-20,23,25-26,28,30-31,33,39,41,44H,9-18,21-22H2,1-8H3/t25-,26-,28+,30-,31-,33+,36+,37+,38+/m1/s1. The van der Waals surface area contributed by atoms with E-state index in [9.17, 15) is 29.7 Å². The molecule has 2 saturated carbocycles. The van der Waals surface area contributed by atoms with Gasteiger partial charge < -0.3 is 24.8 Å². The van der Waals surface area contributed by atoms with Crippen LogP contribution in [0.1, 0.15) is 126 Å². The Balaban J connectivity index is 1.60. The monoisotopic (exact) mass is 644 g/mol. The summed E-state index contributed by atoms with van der Waals surface area (Å²) in [6, 6.07) is 0. The zero-order chi connectivity index (χ0) is 34.2. The van der Waals surface area contributed by atoms with Gasteiger partial charge in [-0.05, 0) is 42.7 Å². The Bertz CT molecular complexity index is 1220. The first-order valence-electron chi connectivity index (χ1n) is 18.0. The molecule has 4 aliphatic rings. The Morgan fingerprint density at radius 1 is 1.02 bits per heavy atom. The minimum absolute atomic E-state index is 0.0176. The van der Waals surface area contributed by atoms with Gasteiger partial charge in [0, 0.05) is 23.7 Å². The van der Waals surface area contributed by atoms with E-state index in [4.69, 9.17) is 9.47 Å². The van der Waals surface area contributed by atoms with Crippen molar-refractivity contribution in [2.75, 3.05) is 6.61 Å². The first-order valence-corrected chi connectivity index (χ1v) is 18.0. The molecule has 260 valence electrons. The summed E-state index contributed by atoms with van der Waals surface area (Å²) in [6.45, 7) is 14.8. The average Bonchev–Trinajstić information content (AvgIpc) is 3.40. The molecule has 9 atom stereocenters. The van der Waals surface area contributed by atoms with E-state index in [2.05, 4.69) is 6.92 Å². The van der Waals surface area contributed by atoms with Gasteiger partial charge >= 0.3 is 11.9 Å². The molecular formula is C38H60O8. The van der Waals surface area contributed by atoms with Gasteiger partial charge in [0.25, 0.3) is 0 Å². The molecule has 2 fully saturated rings. The van der Waals surface area contributed by atoms with Crippen molar-refractivity contribution in [3.63, 3.8) is 0 Å². The highest BCUT2D eigenvalue weighted by Crippen LogP contribution is 2.75. The lowest BCUT2D eigenvalue weighted by atomic mass is 9.59. The van der Waals surface area contributed by atoms with Gasteiger partial charge in [-0.2, -0.15) is 0 Å². The van der Waals surface area contributed by atoms with E-state index in [1.807, 2.05) is 34.6 Å². The molecule has 4 rings (SSSR count). The molecule has 3 N–H and O–H groups in total. The van der Waals surface area contributed by atoms with Gasteiger partial charge in [-0.15, -0.1) is 0 Å². The van der Waals surface area contributed by atoms with Crippen LogP contribution in [0, 0.1) is 40.4 Å². The van der Waals surface area contributed by atoms with Crippen LogP contribution in [0.3, 0.4) is 0 Å². The number of allylic oxidation sites excluding steroid dienone is 1. The van der Waals surface area contributed by atoms with Crippen molar-refractivity contribution in [3.8, 4) is 0 Å². The summed E-state index contributed by atoms with van der Waals surface area (Å²) in [6.07, 6.45) is 11.3. The number of rotatable bonds is 15. The summed E-state index contributed by atoms with van der Waals surface area (Å²) >= 11 is 0. The summed E-state index contributed by atoms with van der Waals surface area (Å²) in [5.74, 6) is -3.39. The summed E-state index contributed by atoms with van der Waals surface area (Å²) in [7, 11) is 0. The van der Waals surface area contributed by atoms with Crippen molar-refractivity contribution in [2.45, 2.75) is 149 Å². The molecule has 8 nitrogen and oxygen atoms in total. The van der Waals surface area contributed by atoms with Crippen molar-refractivity contribution in [3.05, 3.63) is 23.3 Å². The fourth-order valence-electron chi connectivity index (χ4n) is 9.22. The molecule has 0 unspecified atom stereocenters. The molecule has 8 heteroatoms. The Labute approximate surface area is 276 Å². The molecule has 0 aliphatic heterocycles. The van der Waals surface area contributed by atoms with Gasteiger partial charge in [-0.1, -0.05) is 112 Å². The van der Waals surface area contributed by atoms with Gasteiger partial charge in [0.1, 0.15) is 11.7 Å². The number of Topliss-reactive ketones (excluding diaryl/α,β-unsaturated/α-hetero) is 1. The number of ketones is 1. The van der Waals surface area contributed by atoms with Crippen LogP contribution in [0.4, 0.5) is 0 Å². The summed E-state index contributed by atoms with van der Waals surface area (Å²) in [5.41, 5.74) is -4.77. The molecule has 0 aromatic carbocycles. The van der Waals surface area contributed by atoms with Crippen LogP contribution < -0.4 is 0 Å². The highest BCUT2D eigenvalue weighted by Gasteiger charge is 2.83. The van der Waals surface area contributed by atoms with E-state index in [-0.39, 0.29) is 23.2 Å². The van der Waals surface area contributed by atoms with E-state index >= 15 is 0 Å². The van der Waals surface area contributed by atoms with Crippen molar-refractivity contribution < 1.29 is 39.2 Å². The highest BCUT2D eigenvalue weighted by molar-refractivity contribution is 5.96. The number of hydrogen-bond donors (Lipinski definition) is 3. The summed E-state index contributed by atoms with van der Waals surface area (Å²) in [4.78, 5) is 41.5. The second-order valence-electron chi connectivity index (χ2n) is 15.9. The Morgan fingerprint density at radius 3 is 2.17 bits per heavy atom. The fourth-order valence-corrected chi connectivity index (χ4v) is 9.22. The van der Waals surface area contributed by atoms with E-state index in [1.54, 1.807) is 26.0 Å². The lowest BCUT2D eigenvalue weighted by molar-refractivity contribution is -0.206. The average molecular weight is 645 g/mol. The second-order valence-corrected chi connectivity index (χ2v) is 15.9. The first kappa shape index (κ1) is 36.8. The lowest BCUT2D eigenvalue weighted by Gasteiger charge is -2.49. The third-order valence-corrected chi connectivity index (χ3v) is 12.4. The molecule has 2 bridgehead atoms. The molecule has 4 aliphatic carbocycles. The molecular weight excluding hydrogens is 584 g/mol. The topological polar surface area (TPSA) is 130 Å². The fraction of sp³-hybridized carbons (Fsp3) is 0.816. The van der Waals surface area contributed by atoms with Crippen molar-refractivity contribution in [1.29, 1.82) is 0 Å². The van der Waals surface area contributed by atoms with Gasteiger partial charge in [0.15, 0.2) is 17.5 Å². The number of carbonyl (C=O) groups excluding carboxylic acids is 3. The van der Waals surface area contributed by atoms with Crippen molar-refractivity contribution in [1.82, 2.24) is 0 Å². The highest BCUT2D eigenvalue weighted by atomic mass is 16.6. The molecule has 0 amide bonds. The van der Waals surface area contributed by atoms with E-state index in [1.165, 1.54) is 38.5 Å². The van der Waals surface area contributed by atoms with Crippen molar-refractivity contribution in [2.24, 2.45) is 40.4 Å². The van der Waals surface area contributed by atoms with E-state index in [0.29, 0.717) is 18.4 Å². The number of fused-ring (bicyclic) bond motifs is 3. The molecule has 0 aromatic rings. The van der Waals surface area contributed by atoms with Crippen LogP contribution in [0.5, 0.6) is 0 Å². The van der Waals surface area contributed by atoms with Crippen LogP contribution in [0.15, 0.2) is 23.3 Å². The Hall–Kier alpha value is -2.03. The van der Waals surface area contributed by atoms with E-state index in [0.717, 1.165) is 19.3 Å². The smallest absolute Gasteiger partial charge is 0.309 e. The maximum atomic E-state index is 14.9. The number of unbranched alkanes of at least 4 members (excludes halogenated alkanes) is 8. The number of ether oxygens (including phenoxy) is 2. The molecule has 46 heavy (non-hydrogen) atoms. The maximum Gasteiger partial charge on any atom is 0.309 e. The molecule has 0 saturated heterocycles. The quantitative estimate of drug-likeness (QED) is 0.108. The zero-order valence-electron chi connectivity index (χ0n) is 29.6. The second kappa shape index (κ2) is 13.8. The number of esters is 2. The zero-order valence-corrected chi connectivity index (χ0v) is 29.6. The maximum absolute atomic E-state index is 14.9. The largest absolute Gasteiger partial charge is 0.458 e. The van der Waals surface area contributed by atoms with Gasteiger partial charge in [0.05, 0.1) is 17.9 Å². The molecule has 0 aromatic heterocycles. The first-order chi connectivity index (χ1) is 21.6. The number of aliphatic hydroxyl groups excluding tert-OH is 2. The Kier molecular flexibility index (Phi) is 11.1. The van der Waals surface area contributed by atoms with Gasteiger partial charge in [0.2, 0.25) is 0 Å². The normalized spacial score (nSPS) is 36.5. The predicted octanol–water partition coefficient (Wildman–Crippen LogP) is 6.24. The number of hydrogen-bond acceptors (Lipinski definition) is 8. The Morgan fingerprint density at radius 2 is 1.61 bits per heavy atom. The molecule has 1 spiro atoms. The third kappa shape index (κ3) is 5.83. The SMILES string of the molecule is CCCCCCCCCCCC(=O)O[C@@]12C[C@@H](C)[C@]34C=C(C)[C@H](OC(=O)[C@H](C)C(C)C)[C@@]3(O)[C@H](O)C(CO)=C[C@H](C4=O)[C@@H]1C2(C)C. The molecule has 0 radical (unpaired) electrons. The van der Waals surface area contributed by atoms with E-state index < -0.39 is 70.5 Å².